The van der Waals surface area contributed by atoms with E-state index >= 15 is 0 Å². The Kier molecular flexibility index (Phi) is 5.13. The van der Waals surface area contributed by atoms with E-state index in [1.807, 2.05) is 65.5 Å². The summed E-state index contributed by atoms with van der Waals surface area (Å²) in [6, 6.07) is 17.4. The molecule has 1 aliphatic rings. The van der Waals surface area contributed by atoms with Gasteiger partial charge in [0.15, 0.2) is 0 Å². The van der Waals surface area contributed by atoms with Crippen molar-refractivity contribution in [2.24, 2.45) is 5.92 Å². The number of amides is 1. The summed E-state index contributed by atoms with van der Waals surface area (Å²) in [5.41, 5.74) is 3.61. The highest BCUT2D eigenvalue weighted by Crippen LogP contribution is 2.53. The number of halogens is 3. The molecule has 0 bridgehead atoms. The second kappa shape index (κ2) is 7.43. The topological polar surface area (TPSA) is 38.1 Å². The van der Waals surface area contributed by atoms with Crippen molar-refractivity contribution in [3.8, 4) is 16.9 Å². The van der Waals surface area contributed by atoms with Gasteiger partial charge in [0, 0.05) is 35.9 Å². The van der Waals surface area contributed by atoms with E-state index in [1.165, 1.54) is 0 Å². The Morgan fingerprint density at radius 2 is 1.82 bits per heavy atom. The average molecular weight is 435 g/mol. The minimum Gasteiger partial charge on any atom is -0.341 e. The van der Waals surface area contributed by atoms with Crippen LogP contribution in [0.1, 0.15) is 12.0 Å². The number of alkyl halides is 2. The van der Waals surface area contributed by atoms with Crippen molar-refractivity contribution in [1.82, 2.24) is 14.7 Å². The van der Waals surface area contributed by atoms with Gasteiger partial charge in [0.2, 0.25) is 5.91 Å². The Labute approximate surface area is 178 Å². The predicted molar refractivity (Wildman–Crippen MR) is 113 cm³/mol. The minimum absolute atomic E-state index is 0.0560. The molecule has 7 heteroatoms. The highest BCUT2D eigenvalue weighted by atomic mass is 35.5. The summed E-state index contributed by atoms with van der Waals surface area (Å²) in [5.74, 6) is -0.400. The molecule has 1 atom stereocenters. The standard InChI is InChI=1S/C21H18Cl3N3O/c1-26(20(28)18-11-21(18,23)24)12-15-13-27(17-5-3-2-4-6-17)25-19(15)14-7-9-16(22)10-8-14/h2-10,13,18H,11-12H2,1H3. The number of benzene rings is 2. The van der Waals surface area contributed by atoms with Crippen molar-refractivity contribution in [2.75, 3.05) is 7.05 Å². The molecule has 1 amide bonds. The van der Waals surface area contributed by atoms with E-state index in [9.17, 15) is 4.79 Å². The highest BCUT2D eigenvalue weighted by Gasteiger charge is 2.57. The molecule has 2 aromatic carbocycles. The summed E-state index contributed by atoms with van der Waals surface area (Å²) in [5, 5.41) is 5.43. The molecule has 4 rings (SSSR count). The average Bonchev–Trinajstić information content (AvgIpc) is 3.13. The maximum absolute atomic E-state index is 12.6. The fourth-order valence-corrected chi connectivity index (χ4v) is 3.79. The fraction of sp³-hybridized carbons (Fsp3) is 0.238. The van der Waals surface area contributed by atoms with Gasteiger partial charge in [-0.2, -0.15) is 5.10 Å². The number of hydrogen-bond donors (Lipinski definition) is 0. The van der Waals surface area contributed by atoms with E-state index in [-0.39, 0.29) is 11.8 Å². The van der Waals surface area contributed by atoms with Crippen LogP contribution in [0.2, 0.25) is 5.02 Å². The third-order valence-electron chi connectivity index (χ3n) is 4.84. The first-order valence-corrected chi connectivity index (χ1v) is 10.0. The van der Waals surface area contributed by atoms with Gasteiger partial charge in [-0.1, -0.05) is 41.9 Å². The van der Waals surface area contributed by atoms with Gasteiger partial charge in [-0.25, -0.2) is 4.68 Å². The third-order valence-corrected chi connectivity index (χ3v) is 5.92. The molecule has 1 saturated carbocycles. The number of nitrogens with zero attached hydrogens (tertiary/aromatic N) is 3. The molecule has 0 aliphatic heterocycles. The van der Waals surface area contributed by atoms with E-state index in [4.69, 9.17) is 39.9 Å². The van der Waals surface area contributed by atoms with Crippen molar-refractivity contribution < 1.29 is 4.79 Å². The van der Waals surface area contributed by atoms with Gasteiger partial charge in [-0.05, 0) is 30.7 Å². The zero-order chi connectivity index (χ0) is 19.9. The predicted octanol–water partition coefficient (Wildman–Crippen LogP) is 5.34. The van der Waals surface area contributed by atoms with Gasteiger partial charge < -0.3 is 4.90 Å². The zero-order valence-corrected chi connectivity index (χ0v) is 17.4. The van der Waals surface area contributed by atoms with Crippen molar-refractivity contribution in [3.05, 3.63) is 71.4 Å². The Morgan fingerprint density at radius 1 is 1.18 bits per heavy atom. The Morgan fingerprint density at radius 3 is 2.43 bits per heavy atom. The second-order valence-electron chi connectivity index (χ2n) is 7.00. The highest BCUT2D eigenvalue weighted by molar-refractivity contribution is 6.52. The summed E-state index contributed by atoms with van der Waals surface area (Å²) in [6.07, 6.45) is 2.44. The Balaban J connectivity index is 1.67. The Hall–Kier alpha value is -2.01. The van der Waals surface area contributed by atoms with Crippen molar-refractivity contribution in [1.29, 1.82) is 0 Å². The van der Waals surface area contributed by atoms with Crippen LogP contribution in [0, 0.1) is 5.92 Å². The molecule has 0 N–H and O–H groups in total. The molecule has 1 unspecified atom stereocenters. The maximum atomic E-state index is 12.6. The molecular formula is C21H18Cl3N3O. The van der Waals surface area contributed by atoms with Crippen LogP contribution < -0.4 is 0 Å². The lowest BCUT2D eigenvalue weighted by Gasteiger charge is -2.17. The maximum Gasteiger partial charge on any atom is 0.228 e. The number of carbonyl (C=O) groups excluding carboxylic acids is 1. The summed E-state index contributed by atoms with van der Waals surface area (Å²) >= 11 is 18.2. The zero-order valence-electron chi connectivity index (χ0n) is 15.1. The lowest BCUT2D eigenvalue weighted by molar-refractivity contribution is -0.131. The van der Waals surface area contributed by atoms with Crippen LogP contribution in [-0.4, -0.2) is 32.0 Å². The van der Waals surface area contributed by atoms with Crippen molar-refractivity contribution in [2.45, 2.75) is 17.3 Å². The first kappa shape index (κ1) is 19.3. The molecule has 3 aromatic rings. The van der Waals surface area contributed by atoms with E-state index in [1.54, 1.807) is 11.9 Å². The second-order valence-corrected chi connectivity index (χ2v) is 8.98. The van der Waals surface area contributed by atoms with Crippen LogP contribution in [0.5, 0.6) is 0 Å². The van der Waals surface area contributed by atoms with Crippen molar-refractivity contribution in [3.63, 3.8) is 0 Å². The van der Waals surface area contributed by atoms with E-state index in [2.05, 4.69) is 0 Å². The van der Waals surface area contributed by atoms with E-state index in [0.29, 0.717) is 18.0 Å². The van der Waals surface area contributed by atoms with Crippen LogP contribution in [0.4, 0.5) is 0 Å². The van der Waals surface area contributed by atoms with Crippen LogP contribution in [0.15, 0.2) is 60.8 Å². The van der Waals surface area contributed by atoms with Crippen LogP contribution >= 0.6 is 34.8 Å². The lowest BCUT2D eigenvalue weighted by Crippen LogP contribution is -2.29. The molecule has 0 radical (unpaired) electrons. The molecule has 28 heavy (non-hydrogen) atoms. The number of para-hydroxylation sites is 1. The number of hydrogen-bond acceptors (Lipinski definition) is 2. The van der Waals surface area contributed by atoms with E-state index < -0.39 is 4.33 Å². The third kappa shape index (κ3) is 3.90. The van der Waals surface area contributed by atoms with Gasteiger partial charge >= 0.3 is 0 Å². The first-order valence-electron chi connectivity index (χ1n) is 8.88. The van der Waals surface area contributed by atoms with Crippen LogP contribution in [0.25, 0.3) is 16.9 Å². The minimum atomic E-state index is -0.932. The quantitative estimate of drug-likeness (QED) is 0.508. The van der Waals surface area contributed by atoms with Gasteiger partial charge in [0.1, 0.15) is 4.33 Å². The first-order chi connectivity index (χ1) is 13.3. The molecule has 1 aliphatic carbocycles. The largest absolute Gasteiger partial charge is 0.341 e. The smallest absolute Gasteiger partial charge is 0.228 e. The monoisotopic (exact) mass is 433 g/mol. The molecule has 1 fully saturated rings. The molecule has 144 valence electrons. The molecule has 1 aromatic heterocycles. The van der Waals surface area contributed by atoms with Gasteiger partial charge in [0.05, 0.1) is 17.3 Å². The SMILES string of the molecule is CN(Cc1cn(-c2ccccc2)nc1-c1ccc(Cl)cc1)C(=O)C1CC1(Cl)Cl. The summed E-state index contributed by atoms with van der Waals surface area (Å²) in [6.45, 7) is 0.407. The Bertz CT molecular complexity index is 999. The van der Waals surface area contributed by atoms with Gasteiger partial charge in [0.25, 0.3) is 0 Å². The normalized spacial score (nSPS) is 17.4. The van der Waals surface area contributed by atoms with Crippen LogP contribution in [0.3, 0.4) is 0 Å². The molecule has 1 heterocycles. The summed E-state index contributed by atoms with van der Waals surface area (Å²) in [7, 11) is 1.76. The summed E-state index contributed by atoms with van der Waals surface area (Å²) in [4.78, 5) is 14.3. The number of aromatic nitrogens is 2. The lowest BCUT2D eigenvalue weighted by atomic mass is 10.1. The fourth-order valence-electron chi connectivity index (χ4n) is 3.17. The number of rotatable bonds is 5. The molecule has 4 nitrogen and oxygen atoms in total. The number of carbonyl (C=O) groups is 1. The van der Waals surface area contributed by atoms with Crippen molar-refractivity contribution >= 4 is 40.7 Å². The molecular weight excluding hydrogens is 417 g/mol. The van der Waals surface area contributed by atoms with Gasteiger partial charge in [-0.15, -0.1) is 23.2 Å². The van der Waals surface area contributed by atoms with E-state index in [0.717, 1.165) is 22.5 Å². The summed E-state index contributed by atoms with van der Waals surface area (Å²) < 4.78 is 0.890. The van der Waals surface area contributed by atoms with Crippen LogP contribution in [-0.2, 0) is 11.3 Å². The molecule has 0 spiro atoms. The molecule has 0 saturated heterocycles. The van der Waals surface area contributed by atoms with Gasteiger partial charge in [-0.3, -0.25) is 4.79 Å².